The first kappa shape index (κ1) is 12.0. The van der Waals surface area contributed by atoms with Crippen molar-refractivity contribution < 1.29 is 0 Å². The van der Waals surface area contributed by atoms with Gasteiger partial charge in [0.2, 0.25) is 0 Å². The van der Waals surface area contributed by atoms with Crippen molar-refractivity contribution in [2.45, 2.75) is 53.0 Å². The third kappa shape index (κ3) is 5.59. The van der Waals surface area contributed by atoms with Gasteiger partial charge in [-0.25, -0.2) is 0 Å². The van der Waals surface area contributed by atoms with Gasteiger partial charge in [0.25, 0.3) is 0 Å². The van der Waals surface area contributed by atoms with E-state index in [-0.39, 0.29) is 0 Å². The Kier molecular flexibility index (Phi) is 6.45. The van der Waals surface area contributed by atoms with Crippen LogP contribution >= 0.6 is 0 Å². The summed E-state index contributed by atoms with van der Waals surface area (Å²) in [5.74, 6) is 0.835. The third-order valence-electron chi connectivity index (χ3n) is 2.52. The molecule has 0 saturated carbocycles. The number of hydrogen-bond donors (Lipinski definition) is 0. The molecule has 0 aliphatic carbocycles. The molecule has 0 bridgehead atoms. The largest absolute Gasteiger partial charge is 0.304 e. The third-order valence-corrected chi connectivity index (χ3v) is 2.52. The maximum atomic E-state index is 2.48. The summed E-state index contributed by atoms with van der Waals surface area (Å²) in [6, 6.07) is 0.758. The van der Waals surface area contributed by atoms with E-state index >= 15 is 0 Å². The zero-order valence-electron chi connectivity index (χ0n) is 9.43. The standard InChI is InChI=1S/C11H25N/c1-6-7-11(4)12(5)9-8-10(2)3/h10-11H,6-9H2,1-5H3. The molecule has 74 valence electrons. The normalized spacial score (nSPS) is 14.2. The van der Waals surface area contributed by atoms with Crippen LogP contribution in [-0.4, -0.2) is 24.5 Å². The molecule has 0 amide bonds. The van der Waals surface area contributed by atoms with Gasteiger partial charge in [-0.1, -0.05) is 27.2 Å². The summed E-state index contributed by atoms with van der Waals surface area (Å²) >= 11 is 0. The van der Waals surface area contributed by atoms with Crippen molar-refractivity contribution in [3.63, 3.8) is 0 Å². The summed E-state index contributed by atoms with van der Waals surface area (Å²) in [7, 11) is 2.24. The summed E-state index contributed by atoms with van der Waals surface area (Å²) in [5, 5.41) is 0. The summed E-state index contributed by atoms with van der Waals surface area (Å²) in [6.45, 7) is 10.4. The van der Waals surface area contributed by atoms with E-state index < -0.39 is 0 Å². The molecule has 0 heterocycles. The summed E-state index contributed by atoms with van der Waals surface area (Å²) in [6.07, 6.45) is 3.95. The van der Waals surface area contributed by atoms with Gasteiger partial charge in [0.1, 0.15) is 0 Å². The second kappa shape index (κ2) is 6.47. The molecule has 0 rings (SSSR count). The SMILES string of the molecule is CCCC(C)N(C)CCC(C)C. The van der Waals surface area contributed by atoms with Crippen molar-refractivity contribution in [1.82, 2.24) is 4.90 Å². The Hall–Kier alpha value is -0.0400. The van der Waals surface area contributed by atoms with E-state index in [2.05, 4.69) is 39.6 Å². The molecular weight excluding hydrogens is 146 g/mol. The van der Waals surface area contributed by atoms with Gasteiger partial charge in [0.15, 0.2) is 0 Å². The Balaban J connectivity index is 3.49. The molecule has 1 unspecified atom stereocenters. The van der Waals surface area contributed by atoms with Gasteiger partial charge in [0, 0.05) is 6.04 Å². The molecule has 1 heteroatoms. The molecule has 0 aromatic carbocycles. The lowest BCUT2D eigenvalue weighted by atomic mass is 10.1. The van der Waals surface area contributed by atoms with Crippen LogP contribution in [0.1, 0.15) is 47.0 Å². The quantitative estimate of drug-likeness (QED) is 0.593. The Bertz CT molecular complexity index is 99.2. The zero-order valence-corrected chi connectivity index (χ0v) is 9.43. The van der Waals surface area contributed by atoms with E-state index in [1.165, 1.54) is 25.8 Å². The molecule has 0 saturated heterocycles. The predicted molar refractivity (Wildman–Crippen MR) is 56.5 cm³/mol. The Morgan fingerprint density at radius 3 is 2.08 bits per heavy atom. The molecule has 0 aromatic heterocycles. The fraction of sp³-hybridized carbons (Fsp3) is 1.00. The second-order valence-electron chi connectivity index (χ2n) is 4.30. The molecule has 12 heavy (non-hydrogen) atoms. The highest BCUT2D eigenvalue weighted by Gasteiger charge is 2.07. The number of hydrogen-bond acceptors (Lipinski definition) is 1. The Morgan fingerprint density at radius 1 is 1.08 bits per heavy atom. The highest BCUT2D eigenvalue weighted by atomic mass is 15.1. The molecule has 1 nitrogen and oxygen atoms in total. The van der Waals surface area contributed by atoms with Crippen molar-refractivity contribution in [1.29, 1.82) is 0 Å². The van der Waals surface area contributed by atoms with Crippen molar-refractivity contribution in [3.8, 4) is 0 Å². The van der Waals surface area contributed by atoms with Gasteiger partial charge in [-0.05, 0) is 39.3 Å². The van der Waals surface area contributed by atoms with E-state index in [0.29, 0.717) is 0 Å². The topological polar surface area (TPSA) is 3.24 Å². The second-order valence-corrected chi connectivity index (χ2v) is 4.30. The highest BCUT2D eigenvalue weighted by molar-refractivity contribution is 4.62. The number of rotatable bonds is 6. The predicted octanol–water partition coefficient (Wildman–Crippen LogP) is 3.15. The van der Waals surface area contributed by atoms with E-state index in [1.807, 2.05) is 0 Å². The van der Waals surface area contributed by atoms with Crippen molar-refractivity contribution in [2.24, 2.45) is 5.92 Å². The van der Waals surface area contributed by atoms with E-state index in [1.54, 1.807) is 0 Å². The first-order valence-electron chi connectivity index (χ1n) is 5.28. The molecule has 0 N–H and O–H groups in total. The Labute approximate surface area is 78.1 Å². The minimum Gasteiger partial charge on any atom is -0.304 e. The van der Waals surface area contributed by atoms with Crippen LogP contribution in [0.4, 0.5) is 0 Å². The van der Waals surface area contributed by atoms with E-state index in [4.69, 9.17) is 0 Å². The minimum atomic E-state index is 0.758. The average molecular weight is 171 g/mol. The molecule has 0 aliphatic rings. The summed E-state index contributed by atoms with van der Waals surface area (Å²) in [4.78, 5) is 2.48. The smallest absolute Gasteiger partial charge is 0.00637 e. The van der Waals surface area contributed by atoms with Crippen LogP contribution in [-0.2, 0) is 0 Å². The minimum absolute atomic E-state index is 0.758. The van der Waals surface area contributed by atoms with E-state index in [0.717, 1.165) is 12.0 Å². The fourth-order valence-corrected chi connectivity index (χ4v) is 1.32. The first-order chi connectivity index (χ1) is 5.57. The van der Waals surface area contributed by atoms with Crippen molar-refractivity contribution >= 4 is 0 Å². The molecule has 1 atom stereocenters. The lowest BCUT2D eigenvalue weighted by molar-refractivity contribution is 0.232. The lowest BCUT2D eigenvalue weighted by Gasteiger charge is -2.24. The summed E-state index contributed by atoms with van der Waals surface area (Å²) in [5.41, 5.74) is 0. The van der Waals surface area contributed by atoms with Crippen molar-refractivity contribution in [3.05, 3.63) is 0 Å². The van der Waals surface area contributed by atoms with Crippen LogP contribution < -0.4 is 0 Å². The maximum absolute atomic E-state index is 2.48. The summed E-state index contributed by atoms with van der Waals surface area (Å²) < 4.78 is 0. The average Bonchev–Trinajstić information content (AvgIpc) is 2.00. The first-order valence-corrected chi connectivity index (χ1v) is 5.28. The van der Waals surface area contributed by atoms with Crippen LogP contribution in [0.15, 0.2) is 0 Å². The van der Waals surface area contributed by atoms with Crippen molar-refractivity contribution in [2.75, 3.05) is 13.6 Å². The fourth-order valence-electron chi connectivity index (χ4n) is 1.32. The maximum Gasteiger partial charge on any atom is 0.00637 e. The molecule has 0 radical (unpaired) electrons. The van der Waals surface area contributed by atoms with Crippen LogP contribution in [0, 0.1) is 5.92 Å². The molecule has 0 aromatic rings. The molecular formula is C11H25N. The van der Waals surface area contributed by atoms with Crippen LogP contribution in [0.5, 0.6) is 0 Å². The number of nitrogens with zero attached hydrogens (tertiary/aromatic N) is 1. The van der Waals surface area contributed by atoms with Crippen LogP contribution in [0.2, 0.25) is 0 Å². The van der Waals surface area contributed by atoms with Gasteiger partial charge in [-0.3, -0.25) is 0 Å². The van der Waals surface area contributed by atoms with Gasteiger partial charge >= 0.3 is 0 Å². The van der Waals surface area contributed by atoms with Gasteiger partial charge in [0.05, 0.1) is 0 Å². The van der Waals surface area contributed by atoms with E-state index in [9.17, 15) is 0 Å². The highest BCUT2D eigenvalue weighted by Crippen LogP contribution is 2.07. The van der Waals surface area contributed by atoms with Gasteiger partial charge < -0.3 is 4.90 Å². The molecule has 0 fully saturated rings. The zero-order chi connectivity index (χ0) is 9.56. The van der Waals surface area contributed by atoms with Crippen LogP contribution in [0.3, 0.4) is 0 Å². The van der Waals surface area contributed by atoms with Gasteiger partial charge in [-0.15, -0.1) is 0 Å². The van der Waals surface area contributed by atoms with Gasteiger partial charge in [-0.2, -0.15) is 0 Å². The molecule has 0 aliphatic heterocycles. The Morgan fingerprint density at radius 2 is 1.67 bits per heavy atom. The van der Waals surface area contributed by atoms with Crippen LogP contribution in [0.25, 0.3) is 0 Å². The molecule has 0 spiro atoms. The monoisotopic (exact) mass is 171 g/mol. The lowest BCUT2D eigenvalue weighted by Crippen LogP contribution is -2.30.